The smallest absolute Gasteiger partial charge is 0.311 e. The van der Waals surface area contributed by atoms with E-state index in [1.54, 1.807) is 17.2 Å². The highest BCUT2D eigenvalue weighted by Crippen LogP contribution is 2.37. The topological polar surface area (TPSA) is 89.3 Å². The van der Waals surface area contributed by atoms with Crippen LogP contribution >= 0.6 is 0 Å². The molecule has 0 aliphatic carbocycles. The summed E-state index contributed by atoms with van der Waals surface area (Å²) in [6.07, 6.45) is 3.20. The third-order valence-corrected chi connectivity index (χ3v) is 3.98. The summed E-state index contributed by atoms with van der Waals surface area (Å²) in [4.78, 5) is 14.2. The first-order valence-corrected chi connectivity index (χ1v) is 7.59. The van der Waals surface area contributed by atoms with Crippen LogP contribution in [0.3, 0.4) is 0 Å². The molecule has 1 aromatic rings. The molecular weight excluding hydrogens is 284 g/mol. The van der Waals surface area contributed by atoms with Crippen LogP contribution in [0.15, 0.2) is 12.4 Å². The lowest BCUT2D eigenvalue weighted by atomic mass is 9.80. The van der Waals surface area contributed by atoms with Crippen LogP contribution < -0.4 is 5.32 Å². The fourth-order valence-electron chi connectivity index (χ4n) is 3.22. The van der Waals surface area contributed by atoms with E-state index in [-0.39, 0.29) is 30.5 Å². The number of nitrogens with zero attached hydrogens (tertiary/aromatic N) is 3. The van der Waals surface area contributed by atoms with Gasteiger partial charge in [-0.1, -0.05) is 0 Å². The molecule has 1 unspecified atom stereocenters. The number of ether oxygens (including phenoxy) is 1. The predicted octanol–water partition coefficient (Wildman–Crippen LogP) is 0.595. The number of nitrogens with one attached hydrogen (secondary N) is 1. The molecule has 2 heterocycles. The molecule has 1 aromatic heterocycles. The zero-order valence-electron chi connectivity index (χ0n) is 13.9. The first kappa shape index (κ1) is 16.9. The zero-order valence-corrected chi connectivity index (χ0v) is 13.9. The molecule has 124 valence electrons. The molecule has 22 heavy (non-hydrogen) atoms. The van der Waals surface area contributed by atoms with Crippen LogP contribution in [0.2, 0.25) is 0 Å². The lowest BCUT2D eigenvalue weighted by molar-refractivity contribution is -0.163. The van der Waals surface area contributed by atoms with Crippen LogP contribution in [0.5, 0.6) is 0 Å². The Hall–Kier alpha value is -1.47. The van der Waals surface area contributed by atoms with E-state index in [2.05, 4.69) is 15.5 Å². The van der Waals surface area contributed by atoms with Gasteiger partial charge in [-0.3, -0.25) is 4.79 Å². The van der Waals surface area contributed by atoms with Crippen LogP contribution in [0.4, 0.5) is 0 Å². The van der Waals surface area contributed by atoms with E-state index >= 15 is 0 Å². The van der Waals surface area contributed by atoms with Crippen molar-refractivity contribution in [3.05, 3.63) is 12.4 Å². The number of hydrogen-bond donors (Lipinski definition) is 2. The summed E-state index contributed by atoms with van der Waals surface area (Å²) in [7, 11) is 0. The minimum absolute atomic E-state index is 0.0470. The van der Waals surface area contributed by atoms with Crippen LogP contribution in [0.25, 0.3) is 0 Å². The average molecular weight is 310 g/mol. The Morgan fingerprint density at radius 3 is 2.45 bits per heavy atom. The quantitative estimate of drug-likeness (QED) is 0.792. The van der Waals surface area contributed by atoms with E-state index in [9.17, 15) is 9.90 Å². The summed E-state index contributed by atoms with van der Waals surface area (Å²) in [6.45, 7) is 9.89. The third kappa shape index (κ3) is 3.64. The molecule has 1 fully saturated rings. The van der Waals surface area contributed by atoms with Crippen molar-refractivity contribution in [1.82, 2.24) is 20.3 Å². The zero-order chi connectivity index (χ0) is 16.5. The van der Waals surface area contributed by atoms with Gasteiger partial charge in [0.15, 0.2) is 0 Å². The van der Waals surface area contributed by atoms with Crippen molar-refractivity contribution in [1.29, 1.82) is 0 Å². The fourth-order valence-corrected chi connectivity index (χ4v) is 3.22. The van der Waals surface area contributed by atoms with Crippen LogP contribution in [-0.4, -0.2) is 49.9 Å². The van der Waals surface area contributed by atoms with Gasteiger partial charge in [0.25, 0.3) is 0 Å². The normalized spacial score (nSPS) is 27.8. The molecule has 2 N–H and O–H groups in total. The molecule has 0 spiro atoms. The molecule has 2 rings (SSSR count). The van der Waals surface area contributed by atoms with Gasteiger partial charge in [-0.15, -0.1) is 0 Å². The van der Waals surface area contributed by atoms with E-state index in [0.717, 1.165) is 0 Å². The Labute approximate surface area is 131 Å². The summed E-state index contributed by atoms with van der Waals surface area (Å²) >= 11 is 0. The van der Waals surface area contributed by atoms with Crippen molar-refractivity contribution in [3.63, 3.8) is 0 Å². The van der Waals surface area contributed by atoms with Crippen molar-refractivity contribution >= 4 is 5.97 Å². The molecular formula is C15H26N4O3. The minimum atomic E-state index is -0.543. The van der Waals surface area contributed by atoms with Crippen molar-refractivity contribution < 1.29 is 14.6 Å². The number of aliphatic hydroxyl groups excluding tert-OH is 1. The maximum Gasteiger partial charge on any atom is 0.311 e. The Balaban J connectivity index is 2.26. The van der Waals surface area contributed by atoms with Crippen LogP contribution in [0, 0.1) is 11.8 Å². The Bertz CT molecular complexity index is 507. The molecule has 0 amide bonds. The van der Waals surface area contributed by atoms with Gasteiger partial charge in [-0.2, -0.15) is 15.0 Å². The Kier molecular flexibility index (Phi) is 4.58. The monoisotopic (exact) mass is 310 g/mol. The summed E-state index contributed by atoms with van der Waals surface area (Å²) in [5.74, 6) is -0.768. The lowest BCUT2D eigenvalue weighted by Crippen LogP contribution is -2.45. The molecule has 0 saturated carbocycles. The summed E-state index contributed by atoms with van der Waals surface area (Å²) in [6, 6.07) is -0.196. The van der Waals surface area contributed by atoms with Gasteiger partial charge < -0.3 is 15.2 Å². The number of aliphatic hydroxyl groups is 1. The summed E-state index contributed by atoms with van der Waals surface area (Å²) in [5.41, 5.74) is -1.01. The predicted molar refractivity (Wildman–Crippen MR) is 80.9 cm³/mol. The number of hydrogen-bond acceptors (Lipinski definition) is 6. The van der Waals surface area contributed by atoms with Crippen molar-refractivity contribution in [2.75, 3.05) is 6.61 Å². The average Bonchev–Trinajstić information content (AvgIpc) is 2.93. The van der Waals surface area contributed by atoms with Gasteiger partial charge in [0.1, 0.15) is 5.60 Å². The number of carbonyl (C=O) groups is 1. The fraction of sp³-hybridized carbons (Fsp3) is 0.800. The molecule has 0 aromatic carbocycles. The first-order chi connectivity index (χ1) is 10.1. The van der Waals surface area contributed by atoms with Gasteiger partial charge in [0.05, 0.1) is 31.5 Å². The number of esters is 1. The van der Waals surface area contributed by atoms with E-state index in [4.69, 9.17) is 4.74 Å². The molecule has 0 radical (unpaired) electrons. The number of carbonyl (C=O) groups excluding carboxylic acids is 1. The Morgan fingerprint density at radius 2 is 1.95 bits per heavy atom. The molecule has 1 aliphatic heterocycles. The Morgan fingerprint density at radius 1 is 1.36 bits per heavy atom. The standard InChI is InChI=1S/C15H26N4O3/c1-14(2,3)22-13(21)12-10(8-19-16-6-7-17-19)11(9-20)18-15(12,4)5/h6-7,10-12,18,20H,8-9H2,1-5H3/t10-,11-,12?/m1/s1. The van der Waals surface area contributed by atoms with Gasteiger partial charge in [-0.25, -0.2) is 0 Å². The summed E-state index contributed by atoms with van der Waals surface area (Å²) < 4.78 is 5.59. The van der Waals surface area contributed by atoms with E-state index in [1.165, 1.54) is 0 Å². The second kappa shape index (κ2) is 5.96. The largest absolute Gasteiger partial charge is 0.460 e. The van der Waals surface area contributed by atoms with Gasteiger partial charge in [0.2, 0.25) is 0 Å². The van der Waals surface area contributed by atoms with Gasteiger partial charge in [0, 0.05) is 17.5 Å². The van der Waals surface area contributed by atoms with Crippen molar-refractivity contribution in [2.24, 2.45) is 11.8 Å². The first-order valence-electron chi connectivity index (χ1n) is 7.59. The van der Waals surface area contributed by atoms with Crippen molar-refractivity contribution in [3.8, 4) is 0 Å². The highest BCUT2D eigenvalue weighted by atomic mass is 16.6. The highest BCUT2D eigenvalue weighted by molar-refractivity contribution is 5.75. The molecule has 7 nitrogen and oxygen atoms in total. The molecule has 0 bridgehead atoms. The maximum atomic E-state index is 12.7. The van der Waals surface area contributed by atoms with E-state index in [1.807, 2.05) is 34.6 Å². The minimum Gasteiger partial charge on any atom is -0.460 e. The highest BCUT2D eigenvalue weighted by Gasteiger charge is 2.52. The van der Waals surface area contributed by atoms with Crippen LogP contribution in [0.1, 0.15) is 34.6 Å². The summed E-state index contributed by atoms with van der Waals surface area (Å²) in [5, 5.41) is 21.2. The molecule has 1 aliphatic rings. The maximum absolute atomic E-state index is 12.7. The molecule has 7 heteroatoms. The third-order valence-electron chi connectivity index (χ3n) is 3.98. The molecule has 1 saturated heterocycles. The lowest BCUT2D eigenvalue weighted by Gasteiger charge is -2.31. The number of rotatable bonds is 4. The van der Waals surface area contributed by atoms with Gasteiger partial charge >= 0.3 is 5.97 Å². The second-order valence-electron chi connectivity index (χ2n) is 7.41. The second-order valence-corrected chi connectivity index (χ2v) is 7.41. The van der Waals surface area contributed by atoms with E-state index in [0.29, 0.717) is 6.54 Å². The SMILES string of the molecule is CC(C)(C)OC(=O)C1[C@H](Cn2nccn2)[C@@H](CO)NC1(C)C. The number of aromatic nitrogens is 3. The molecule has 3 atom stereocenters. The van der Waals surface area contributed by atoms with E-state index < -0.39 is 11.1 Å². The van der Waals surface area contributed by atoms with Crippen LogP contribution in [-0.2, 0) is 16.1 Å². The van der Waals surface area contributed by atoms with Crippen molar-refractivity contribution in [2.45, 2.75) is 58.3 Å². The van der Waals surface area contributed by atoms with Gasteiger partial charge in [-0.05, 0) is 34.6 Å².